The topological polar surface area (TPSA) is 66.4 Å². The molecule has 4 nitrogen and oxygen atoms in total. The molecule has 140 valence electrons. The highest BCUT2D eigenvalue weighted by molar-refractivity contribution is 5.89. The maximum atomic E-state index is 11.2. The van der Waals surface area contributed by atoms with Gasteiger partial charge in [-0.05, 0) is 18.9 Å². The van der Waals surface area contributed by atoms with E-state index < -0.39 is 5.97 Å². The molecule has 0 spiro atoms. The van der Waals surface area contributed by atoms with Crippen molar-refractivity contribution in [2.75, 3.05) is 6.54 Å². The highest BCUT2D eigenvalue weighted by Gasteiger charge is 1.98. The van der Waals surface area contributed by atoms with Crippen LogP contribution in [0.2, 0.25) is 0 Å². The van der Waals surface area contributed by atoms with Crippen LogP contribution < -0.4 is 5.32 Å². The first-order chi connectivity index (χ1) is 11.7. The van der Waals surface area contributed by atoms with Crippen molar-refractivity contribution in [3.63, 3.8) is 0 Å². The number of carbonyl (C=O) groups excluding carboxylic acids is 1. The molecule has 0 aromatic rings. The molecule has 0 radical (unpaired) electrons. The summed E-state index contributed by atoms with van der Waals surface area (Å²) in [6.45, 7) is 1.94. The molecule has 2 N–H and O–H groups in total. The number of amides is 1. The first kappa shape index (κ1) is 22.7. The second kappa shape index (κ2) is 18.0. The molecule has 0 aliphatic rings. The predicted octanol–water partition coefficient (Wildman–Crippen LogP) is 5.22. The minimum Gasteiger partial charge on any atom is -0.480 e. The Bertz CT molecular complexity index is 340. The second-order valence-corrected chi connectivity index (χ2v) is 6.55. The van der Waals surface area contributed by atoms with E-state index in [9.17, 15) is 9.59 Å². The molecule has 0 aliphatic heterocycles. The maximum absolute atomic E-state index is 11.2. The van der Waals surface area contributed by atoms with Crippen molar-refractivity contribution in [1.82, 2.24) is 5.32 Å². The van der Waals surface area contributed by atoms with Gasteiger partial charge >= 0.3 is 5.97 Å². The lowest BCUT2D eigenvalue weighted by Gasteiger charge is -2.02. The van der Waals surface area contributed by atoms with Crippen molar-refractivity contribution in [1.29, 1.82) is 0 Å². The van der Waals surface area contributed by atoms with Crippen LogP contribution >= 0.6 is 0 Å². The van der Waals surface area contributed by atoms with Crippen LogP contribution in [0.15, 0.2) is 12.2 Å². The van der Waals surface area contributed by atoms with Crippen LogP contribution in [-0.4, -0.2) is 23.5 Å². The van der Waals surface area contributed by atoms with Crippen molar-refractivity contribution in [2.45, 2.75) is 96.8 Å². The Hall–Kier alpha value is -1.32. The van der Waals surface area contributed by atoms with E-state index in [0.717, 1.165) is 12.8 Å². The number of carbonyl (C=O) groups is 2. The highest BCUT2D eigenvalue weighted by Crippen LogP contribution is 2.12. The lowest BCUT2D eigenvalue weighted by atomic mass is 10.0. The van der Waals surface area contributed by atoms with E-state index in [-0.39, 0.29) is 12.5 Å². The van der Waals surface area contributed by atoms with Gasteiger partial charge in [0.15, 0.2) is 0 Å². The first-order valence-corrected chi connectivity index (χ1v) is 9.83. The monoisotopic (exact) mass is 339 g/mol. The standard InChI is InChI=1S/C20H37NO3/c1-2-3-4-5-6-7-8-9-10-11-12-13-14-15-16-17-19(22)21-18-20(23)24/h16-17H,2-15,18H2,1H3,(H,21,22)(H,23,24). The minimum atomic E-state index is -1.02. The molecule has 0 atom stereocenters. The number of hydrogen-bond donors (Lipinski definition) is 2. The summed E-state index contributed by atoms with van der Waals surface area (Å²) in [4.78, 5) is 21.5. The van der Waals surface area contributed by atoms with Gasteiger partial charge in [-0.1, -0.05) is 90.0 Å². The van der Waals surface area contributed by atoms with E-state index in [0.29, 0.717) is 0 Å². The quantitative estimate of drug-likeness (QED) is 0.282. The lowest BCUT2D eigenvalue weighted by Crippen LogP contribution is -2.27. The fraction of sp³-hybridized carbons (Fsp3) is 0.800. The number of hydrogen-bond acceptors (Lipinski definition) is 2. The number of allylic oxidation sites excluding steroid dienone is 1. The third-order valence-electron chi connectivity index (χ3n) is 4.16. The van der Waals surface area contributed by atoms with Gasteiger partial charge in [-0.15, -0.1) is 0 Å². The molecule has 0 fully saturated rings. The normalized spacial score (nSPS) is 11.0. The van der Waals surface area contributed by atoms with E-state index in [1.54, 1.807) is 0 Å². The van der Waals surface area contributed by atoms with Crippen LogP contribution in [0.3, 0.4) is 0 Å². The SMILES string of the molecule is CCCCCCCCCCCCCCCC=CC(=O)NCC(=O)O. The summed E-state index contributed by atoms with van der Waals surface area (Å²) in [5.41, 5.74) is 0. The summed E-state index contributed by atoms with van der Waals surface area (Å²) in [5.74, 6) is -1.35. The fourth-order valence-corrected chi connectivity index (χ4v) is 2.69. The van der Waals surface area contributed by atoms with Gasteiger partial charge in [-0.3, -0.25) is 9.59 Å². The van der Waals surface area contributed by atoms with Gasteiger partial charge in [0.25, 0.3) is 0 Å². The molecule has 0 heterocycles. The Labute approximate surface area is 148 Å². The number of rotatable bonds is 17. The number of carboxylic acids is 1. The Morgan fingerprint density at radius 2 is 1.25 bits per heavy atom. The number of aliphatic carboxylic acids is 1. The average molecular weight is 340 g/mol. The number of unbranched alkanes of at least 4 members (excludes halogenated alkanes) is 13. The van der Waals surface area contributed by atoms with Gasteiger partial charge in [0.2, 0.25) is 5.91 Å². The zero-order valence-electron chi connectivity index (χ0n) is 15.5. The zero-order chi connectivity index (χ0) is 17.9. The van der Waals surface area contributed by atoms with E-state index in [1.807, 2.05) is 6.08 Å². The van der Waals surface area contributed by atoms with E-state index in [1.165, 1.54) is 83.1 Å². The van der Waals surface area contributed by atoms with Gasteiger partial charge in [-0.2, -0.15) is 0 Å². The lowest BCUT2D eigenvalue weighted by molar-refractivity contribution is -0.137. The molecule has 0 unspecified atom stereocenters. The van der Waals surface area contributed by atoms with Crippen molar-refractivity contribution < 1.29 is 14.7 Å². The smallest absolute Gasteiger partial charge is 0.322 e. The van der Waals surface area contributed by atoms with E-state index in [4.69, 9.17) is 5.11 Å². The summed E-state index contributed by atoms with van der Waals surface area (Å²) in [6.07, 6.45) is 21.5. The molecule has 0 bridgehead atoms. The van der Waals surface area contributed by atoms with Crippen molar-refractivity contribution in [3.05, 3.63) is 12.2 Å². The van der Waals surface area contributed by atoms with Gasteiger partial charge in [-0.25, -0.2) is 0 Å². The van der Waals surface area contributed by atoms with Crippen molar-refractivity contribution >= 4 is 11.9 Å². The van der Waals surface area contributed by atoms with Gasteiger partial charge in [0.05, 0.1) is 0 Å². The molecule has 0 saturated carbocycles. The molecule has 4 heteroatoms. The fourth-order valence-electron chi connectivity index (χ4n) is 2.69. The van der Waals surface area contributed by atoms with Crippen LogP contribution in [0.4, 0.5) is 0 Å². The number of carboxylic acid groups (broad SMARTS) is 1. The third kappa shape index (κ3) is 18.7. The number of nitrogens with one attached hydrogen (secondary N) is 1. The summed E-state index contributed by atoms with van der Waals surface area (Å²) in [6, 6.07) is 0. The molecule has 0 aromatic heterocycles. The molecule has 24 heavy (non-hydrogen) atoms. The predicted molar refractivity (Wildman–Crippen MR) is 100 cm³/mol. The van der Waals surface area contributed by atoms with Crippen molar-refractivity contribution in [2.24, 2.45) is 0 Å². The first-order valence-electron chi connectivity index (χ1n) is 9.83. The molecule has 0 aliphatic carbocycles. The van der Waals surface area contributed by atoms with Crippen molar-refractivity contribution in [3.8, 4) is 0 Å². The van der Waals surface area contributed by atoms with Crippen LogP contribution in [0.5, 0.6) is 0 Å². The largest absolute Gasteiger partial charge is 0.480 e. The maximum Gasteiger partial charge on any atom is 0.322 e. The highest BCUT2D eigenvalue weighted by atomic mass is 16.4. The van der Waals surface area contributed by atoms with Gasteiger partial charge in [0.1, 0.15) is 6.54 Å². The molecule has 0 rings (SSSR count). The summed E-state index contributed by atoms with van der Waals surface area (Å²) in [5, 5.41) is 10.7. The summed E-state index contributed by atoms with van der Waals surface area (Å²) >= 11 is 0. The van der Waals surface area contributed by atoms with Gasteiger partial charge in [0, 0.05) is 0 Å². The van der Waals surface area contributed by atoms with Gasteiger partial charge < -0.3 is 10.4 Å². The summed E-state index contributed by atoms with van der Waals surface area (Å²) in [7, 11) is 0. The molecule has 1 amide bonds. The van der Waals surface area contributed by atoms with Crippen LogP contribution in [-0.2, 0) is 9.59 Å². The average Bonchev–Trinajstić information content (AvgIpc) is 2.56. The Balaban J connectivity index is 3.19. The molecule has 0 saturated heterocycles. The minimum absolute atomic E-state index is 0.318. The zero-order valence-corrected chi connectivity index (χ0v) is 15.5. The van der Waals surface area contributed by atoms with Crippen LogP contribution in [0.25, 0.3) is 0 Å². The molecular formula is C20H37NO3. The Morgan fingerprint density at radius 3 is 1.71 bits per heavy atom. The third-order valence-corrected chi connectivity index (χ3v) is 4.16. The molecule has 0 aromatic carbocycles. The second-order valence-electron chi connectivity index (χ2n) is 6.55. The Kier molecular flexibility index (Phi) is 17.0. The van der Waals surface area contributed by atoms with Crippen LogP contribution in [0, 0.1) is 0 Å². The Morgan fingerprint density at radius 1 is 0.792 bits per heavy atom. The van der Waals surface area contributed by atoms with E-state index in [2.05, 4.69) is 12.2 Å². The summed E-state index contributed by atoms with van der Waals surface area (Å²) < 4.78 is 0. The molecular weight excluding hydrogens is 302 g/mol. The van der Waals surface area contributed by atoms with E-state index >= 15 is 0 Å². The van der Waals surface area contributed by atoms with Crippen LogP contribution in [0.1, 0.15) is 96.8 Å².